The number of rotatable bonds is 16. The highest BCUT2D eigenvalue weighted by Crippen LogP contribution is 2.30. The molecule has 334 valence electrons. The lowest BCUT2D eigenvalue weighted by Gasteiger charge is -2.13. The van der Waals surface area contributed by atoms with Crippen LogP contribution in [0.2, 0.25) is 0 Å². The van der Waals surface area contributed by atoms with Gasteiger partial charge in [0.2, 0.25) is 0 Å². The Morgan fingerprint density at radius 3 is 0.985 bits per heavy atom. The molecule has 24 nitrogen and oxygen atoms in total. The first-order chi connectivity index (χ1) is 31.3. The Morgan fingerprint density at radius 1 is 0.439 bits per heavy atom. The van der Waals surface area contributed by atoms with Crippen LogP contribution >= 0.6 is 0 Å². The number of amides is 4. The molecule has 5 aromatic rings. The molecule has 0 bridgehead atoms. The van der Waals surface area contributed by atoms with E-state index >= 15 is 0 Å². The molecule has 0 unspecified atom stereocenters. The standard InChI is InChI=1S/C42H26N4O20/c1-3-29(47)63-5-7-65-41(61)27-13-23-21(11-25(27)39(57)58)35(53)45(37(23)55)15-43-31(49)17-9-19-20(10-18(17)32(43)50)34(52)44(33(19)51)16-46-36(54)22-12-26(40(59)60)28(14-24(22)38(46)56)42(62)66-8-6-64-30(48)4-2/h3-4,9-14H,1-2,5-8,15-16H2,(H,57,58)(H,59,60). The van der Waals surface area contributed by atoms with Crippen molar-refractivity contribution < 1.29 is 77.1 Å². The van der Waals surface area contributed by atoms with Gasteiger partial charge in [-0.1, -0.05) is 13.2 Å². The van der Waals surface area contributed by atoms with Gasteiger partial charge in [-0.05, 0) is 36.4 Å². The number of esters is 4. The Balaban J connectivity index is 1.14. The number of carboxylic acid groups (broad SMARTS) is 2. The molecule has 0 saturated heterocycles. The number of aromatic nitrogens is 2. The number of carbonyl (C=O) groups is 10. The normalized spacial score (nSPS) is 12.9. The van der Waals surface area contributed by atoms with E-state index in [1.54, 1.807) is 0 Å². The topological polar surface area (TPSA) is 333 Å². The number of nitrogens with zero attached hydrogens (tertiary/aromatic N) is 4. The first-order valence-corrected chi connectivity index (χ1v) is 18.7. The number of benzene rings is 3. The van der Waals surface area contributed by atoms with Crippen molar-refractivity contribution >= 4 is 81.0 Å². The number of ether oxygens (including phenoxy) is 4. The number of imide groups is 2. The maximum atomic E-state index is 13.7. The van der Waals surface area contributed by atoms with E-state index < -0.39 is 187 Å². The summed E-state index contributed by atoms with van der Waals surface area (Å²) in [6.45, 7) is 2.36. The Labute approximate surface area is 363 Å². The molecule has 0 atom stereocenters. The molecule has 2 N–H and O–H groups in total. The number of fused-ring (bicyclic) bond motifs is 4. The van der Waals surface area contributed by atoms with E-state index in [1.165, 1.54) is 0 Å². The maximum absolute atomic E-state index is 13.7. The Bertz CT molecular complexity index is 3070. The van der Waals surface area contributed by atoms with Gasteiger partial charge in [0.05, 0.1) is 66.1 Å². The molecule has 0 radical (unpaired) electrons. The van der Waals surface area contributed by atoms with Crippen LogP contribution in [0, 0.1) is 0 Å². The van der Waals surface area contributed by atoms with Crippen LogP contribution in [0.25, 0.3) is 21.5 Å². The maximum Gasteiger partial charge on any atom is 0.339 e. The van der Waals surface area contributed by atoms with E-state index in [0.29, 0.717) is 18.9 Å². The zero-order valence-corrected chi connectivity index (χ0v) is 33.3. The van der Waals surface area contributed by atoms with Crippen LogP contribution in [0.4, 0.5) is 0 Å². The highest BCUT2D eigenvalue weighted by Gasteiger charge is 2.41. The molecule has 2 aromatic heterocycles. The Kier molecular flexibility index (Phi) is 11.5. The monoisotopic (exact) mass is 906 g/mol. The third-order valence-electron chi connectivity index (χ3n) is 10.2. The molecule has 2 aliphatic heterocycles. The first-order valence-electron chi connectivity index (χ1n) is 18.7. The third-order valence-corrected chi connectivity index (χ3v) is 10.2. The summed E-state index contributed by atoms with van der Waals surface area (Å²) >= 11 is 0. The summed E-state index contributed by atoms with van der Waals surface area (Å²) in [5, 5.41) is 17.7. The summed E-state index contributed by atoms with van der Waals surface area (Å²) in [5.74, 6) is -12.3. The highest BCUT2D eigenvalue weighted by molar-refractivity contribution is 6.24. The predicted octanol–water partition coefficient (Wildman–Crippen LogP) is -0.412. The van der Waals surface area contributed by atoms with Crippen molar-refractivity contribution in [1.29, 1.82) is 0 Å². The van der Waals surface area contributed by atoms with Crippen molar-refractivity contribution in [2.24, 2.45) is 0 Å². The molecule has 66 heavy (non-hydrogen) atoms. The van der Waals surface area contributed by atoms with Crippen LogP contribution in [0.5, 0.6) is 0 Å². The van der Waals surface area contributed by atoms with Gasteiger partial charge >= 0.3 is 35.8 Å². The smallest absolute Gasteiger partial charge is 0.339 e. The van der Waals surface area contributed by atoms with E-state index in [4.69, 9.17) is 9.47 Å². The summed E-state index contributed by atoms with van der Waals surface area (Å²) < 4.78 is 20.1. The predicted molar refractivity (Wildman–Crippen MR) is 216 cm³/mol. The molecule has 0 saturated carbocycles. The molecule has 0 aliphatic carbocycles. The van der Waals surface area contributed by atoms with Gasteiger partial charge in [0, 0.05) is 12.2 Å². The number of carbonyl (C=O) groups excluding carboxylic acids is 8. The fourth-order valence-corrected chi connectivity index (χ4v) is 7.06. The molecule has 4 heterocycles. The minimum Gasteiger partial charge on any atom is -0.478 e. The molecular weight excluding hydrogens is 880 g/mol. The van der Waals surface area contributed by atoms with Crippen molar-refractivity contribution in [3.05, 3.63) is 148 Å². The minimum absolute atomic E-state index is 0.408. The van der Waals surface area contributed by atoms with E-state index in [9.17, 15) is 77.3 Å². The second-order valence-electron chi connectivity index (χ2n) is 13.9. The van der Waals surface area contributed by atoms with Crippen molar-refractivity contribution in [3.63, 3.8) is 0 Å². The van der Waals surface area contributed by atoms with Gasteiger partial charge < -0.3 is 29.2 Å². The van der Waals surface area contributed by atoms with Gasteiger partial charge in [-0.3, -0.25) is 57.3 Å². The second-order valence-corrected chi connectivity index (χ2v) is 13.9. The van der Waals surface area contributed by atoms with Crippen molar-refractivity contribution in [1.82, 2.24) is 18.9 Å². The molecule has 2 aliphatic rings. The van der Waals surface area contributed by atoms with Gasteiger partial charge in [-0.15, -0.1) is 0 Å². The average Bonchev–Trinajstić information content (AvgIpc) is 3.87. The highest BCUT2D eigenvalue weighted by atomic mass is 16.6. The quantitative estimate of drug-likeness (QED) is 0.0418. The van der Waals surface area contributed by atoms with Crippen LogP contribution in [0.3, 0.4) is 0 Å². The van der Waals surface area contributed by atoms with Gasteiger partial charge in [-0.2, -0.15) is 0 Å². The fourth-order valence-electron chi connectivity index (χ4n) is 7.06. The number of hydrogen-bond acceptors (Lipinski definition) is 18. The Morgan fingerprint density at radius 2 is 0.712 bits per heavy atom. The molecule has 24 heteroatoms. The van der Waals surface area contributed by atoms with Gasteiger partial charge in [0.15, 0.2) is 0 Å². The van der Waals surface area contributed by atoms with Gasteiger partial charge in [0.25, 0.3) is 45.9 Å². The van der Waals surface area contributed by atoms with Crippen molar-refractivity contribution in [2.75, 3.05) is 26.4 Å². The van der Waals surface area contributed by atoms with Gasteiger partial charge in [0.1, 0.15) is 39.8 Å². The summed E-state index contributed by atoms with van der Waals surface area (Å²) in [6, 6.07) is 4.74. The minimum atomic E-state index is -1.70. The summed E-state index contributed by atoms with van der Waals surface area (Å²) in [4.78, 5) is 181. The van der Waals surface area contributed by atoms with E-state index in [1.807, 2.05) is 0 Å². The van der Waals surface area contributed by atoms with Crippen LogP contribution in [0.15, 0.2) is 80.9 Å². The average molecular weight is 907 g/mol. The molecule has 0 spiro atoms. The summed E-state index contributed by atoms with van der Waals surface area (Å²) in [7, 11) is 0. The van der Waals surface area contributed by atoms with E-state index in [-0.39, 0.29) is 0 Å². The summed E-state index contributed by atoms with van der Waals surface area (Å²) in [6.07, 6.45) is 1.69. The summed E-state index contributed by atoms with van der Waals surface area (Å²) in [5.41, 5.74) is -9.45. The lowest BCUT2D eigenvalue weighted by Crippen LogP contribution is -2.39. The zero-order valence-electron chi connectivity index (χ0n) is 33.3. The lowest BCUT2D eigenvalue weighted by molar-refractivity contribution is -0.139. The molecule has 0 fully saturated rings. The molecule has 3 aromatic carbocycles. The van der Waals surface area contributed by atoms with Crippen LogP contribution in [-0.4, -0.2) is 115 Å². The number of carboxylic acids is 2. The SMILES string of the molecule is C=CC(=O)OCCOC(=O)c1cc2c(cc1C(=O)O)C(=O)N(Cn1c(=O)c3cc4c(=O)n(CN5C(=O)c6cc(C(=O)O)c(C(=O)OCCOC(=O)C=C)cc6C5=O)c(=O)c4cc3c1=O)C2=O. The van der Waals surface area contributed by atoms with Crippen LogP contribution in [-0.2, 0) is 41.9 Å². The number of hydrogen-bond donors (Lipinski definition) is 2. The molecular formula is C42H26N4O20. The fraction of sp³-hybridized carbons (Fsp3) is 0.143. The largest absolute Gasteiger partial charge is 0.478 e. The molecule has 4 amide bonds. The van der Waals surface area contributed by atoms with Gasteiger partial charge in [-0.25, -0.2) is 28.8 Å². The van der Waals surface area contributed by atoms with E-state index in [0.717, 1.165) is 48.6 Å². The second kappa shape index (κ2) is 17.0. The zero-order chi connectivity index (χ0) is 48.0. The Hall–Kier alpha value is -9.48. The van der Waals surface area contributed by atoms with Crippen molar-refractivity contribution in [2.45, 2.75) is 13.3 Å². The lowest BCUT2D eigenvalue weighted by atomic mass is 9.99. The number of aromatic carboxylic acids is 2. The third kappa shape index (κ3) is 7.48. The van der Waals surface area contributed by atoms with Crippen LogP contribution in [0.1, 0.15) is 82.9 Å². The molecule has 7 rings (SSSR count). The first kappa shape index (κ1) is 44.6. The van der Waals surface area contributed by atoms with E-state index in [2.05, 4.69) is 22.6 Å². The van der Waals surface area contributed by atoms with Crippen molar-refractivity contribution in [3.8, 4) is 0 Å². The van der Waals surface area contributed by atoms with Crippen LogP contribution < -0.4 is 22.2 Å².